The standard InChI is InChI=1S/C12H12BrNO2S2/c1-9-2-4-10(5-3-9)8-14-18(15,16)12-11(13)6-7-17-12/h2-7,14H,8H2,1H3. The minimum Gasteiger partial charge on any atom is -0.206 e. The Morgan fingerprint density at radius 1 is 1.22 bits per heavy atom. The minimum absolute atomic E-state index is 0.299. The maximum atomic E-state index is 12.0. The molecule has 1 aromatic heterocycles. The summed E-state index contributed by atoms with van der Waals surface area (Å²) in [4.78, 5) is 0. The monoisotopic (exact) mass is 345 g/mol. The second-order valence-electron chi connectivity index (χ2n) is 3.87. The fourth-order valence-corrected chi connectivity index (χ4v) is 4.82. The molecule has 0 spiro atoms. The van der Waals surface area contributed by atoms with Crippen molar-refractivity contribution in [2.75, 3.05) is 0 Å². The van der Waals surface area contributed by atoms with Crippen LogP contribution in [-0.4, -0.2) is 8.42 Å². The molecule has 0 saturated heterocycles. The Balaban J connectivity index is 2.11. The summed E-state index contributed by atoms with van der Waals surface area (Å²) < 4.78 is 27.6. The van der Waals surface area contributed by atoms with Gasteiger partial charge in [-0.25, -0.2) is 13.1 Å². The first-order valence-corrected chi connectivity index (χ1v) is 8.43. The van der Waals surface area contributed by atoms with E-state index in [0.717, 1.165) is 11.1 Å². The predicted molar refractivity (Wildman–Crippen MR) is 77.2 cm³/mol. The maximum Gasteiger partial charge on any atom is 0.251 e. The third-order valence-corrected chi connectivity index (χ3v) is 6.49. The quantitative estimate of drug-likeness (QED) is 0.923. The lowest BCUT2D eigenvalue weighted by atomic mass is 10.2. The van der Waals surface area contributed by atoms with Crippen LogP contribution >= 0.6 is 27.3 Å². The summed E-state index contributed by atoms with van der Waals surface area (Å²) in [6, 6.07) is 9.49. The molecule has 0 radical (unpaired) electrons. The number of aryl methyl sites for hydroxylation is 1. The summed E-state index contributed by atoms with van der Waals surface area (Å²) in [5, 5.41) is 1.74. The van der Waals surface area contributed by atoms with Gasteiger partial charge < -0.3 is 0 Å². The summed E-state index contributed by atoms with van der Waals surface area (Å²) >= 11 is 4.43. The Kier molecular flexibility index (Phi) is 4.21. The van der Waals surface area contributed by atoms with Crippen molar-refractivity contribution in [1.82, 2.24) is 4.72 Å². The number of benzene rings is 1. The third-order valence-electron chi connectivity index (χ3n) is 2.42. The topological polar surface area (TPSA) is 46.2 Å². The largest absolute Gasteiger partial charge is 0.251 e. The number of rotatable bonds is 4. The SMILES string of the molecule is Cc1ccc(CNS(=O)(=O)c2sccc2Br)cc1. The van der Waals surface area contributed by atoms with E-state index in [2.05, 4.69) is 20.7 Å². The van der Waals surface area contributed by atoms with Crippen molar-refractivity contribution in [3.63, 3.8) is 0 Å². The van der Waals surface area contributed by atoms with E-state index in [1.165, 1.54) is 11.3 Å². The van der Waals surface area contributed by atoms with Crippen LogP contribution in [0, 0.1) is 6.92 Å². The molecule has 1 heterocycles. The molecule has 0 atom stereocenters. The molecule has 1 aromatic carbocycles. The Morgan fingerprint density at radius 2 is 1.89 bits per heavy atom. The molecule has 0 fully saturated rings. The van der Waals surface area contributed by atoms with Crippen molar-refractivity contribution in [3.05, 3.63) is 51.3 Å². The molecule has 3 nitrogen and oxygen atoms in total. The molecule has 18 heavy (non-hydrogen) atoms. The lowest BCUT2D eigenvalue weighted by Crippen LogP contribution is -2.22. The summed E-state index contributed by atoms with van der Waals surface area (Å²) in [6.07, 6.45) is 0. The molecular weight excluding hydrogens is 334 g/mol. The van der Waals surface area contributed by atoms with Gasteiger partial charge in [0.25, 0.3) is 10.0 Å². The number of nitrogens with one attached hydrogen (secondary N) is 1. The molecular formula is C12H12BrNO2S2. The summed E-state index contributed by atoms with van der Waals surface area (Å²) in [6.45, 7) is 2.30. The Bertz CT molecular complexity index is 632. The molecule has 0 aliphatic heterocycles. The number of halogens is 1. The van der Waals surface area contributed by atoms with E-state index in [-0.39, 0.29) is 0 Å². The van der Waals surface area contributed by atoms with Gasteiger partial charge in [-0.1, -0.05) is 29.8 Å². The van der Waals surface area contributed by atoms with Crippen molar-refractivity contribution in [3.8, 4) is 0 Å². The van der Waals surface area contributed by atoms with Crippen molar-refractivity contribution < 1.29 is 8.42 Å². The lowest BCUT2D eigenvalue weighted by Gasteiger charge is -2.06. The van der Waals surface area contributed by atoms with Gasteiger partial charge in [0, 0.05) is 11.0 Å². The van der Waals surface area contributed by atoms with Crippen LogP contribution in [0.3, 0.4) is 0 Å². The highest BCUT2D eigenvalue weighted by Crippen LogP contribution is 2.27. The highest BCUT2D eigenvalue weighted by Gasteiger charge is 2.18. The fraction of sp³-hybridized carbons (Fsp3) is 0.167. The average molecular weight is 346 g/mol. The van der Waals surface area contributed by atoms with Crippen LogP contribution in [0.4, 0.5) is 0 Å². The Hall–Kier alpha value is -0.690. The van der Waals surface area contributed by atoms with Gasteiger partial charge in [-0.15, -0.1) is 11.3 Å². The molecule has 0 aliphatic rings. The first-order chi connectivity index (χ1) is 8.49. The van der Waals surface area contributed by atoms with E-state index in [1.54, 1.807) is 11.4 Å². The molecule has 96 valence electrons. The van der Waals surface area contributed by atoms with Gasteiger partial charge in [-0.2, -0.15) is 0 Å². The molecule has 0 unspecified atom stereocenters. The van der Waals surface area contributed by atoms with E-state index in [1.807, 2.05) is 31.2 Å². The van der Waals surface area contributed by atoms with Gasteiger partial charge in [0.1, 0.15) is 4.21 Å². The summed E-state index contributed by atoms with van der Waals surface area (Å²) in [5.74, 6) is 0. The number of sulfonamides is 1. The van der Waals surface area contributed by atoms with E-state index in [0.29, 0.717) is 15.2 Å². The smallest absolute Gasteiger partial charge is 0.206 e. The van der Waals surface area contributed by atoms with Gasteiger partial charge in [-0.05, 0) is 39.9 Å². The number of hydrogen-bond donors (Lipinski definition) is 1. The Morgan fingerprint density at radius 3 is 2.44 bits per heavy atom. The first-order valence-electron chi connectivity index (χ1n) is 5.27. The lowest BCUT2D eigenvalue weighted by molar-refractivity contribution is 0.583. The van der Waals surface area contributed by atoms with Crippen molar-refractivity contribution >= 4 is 37.3 Å². The number of hydrogen-bond acceptors (Lipinski definition) is 3. The van der Waals surface area contributed by atoms with Crippen LogP contribution in [0.25, 0.3) is 0 Å². The van der Waals surface area contributed by atoms with Crippen molar-refractivity contribution in [2.24, 2.45) is 0 Å². The minimum atomic E-state index is -3.43. The normalized spacial score (nSPS) is 11.7. The molecule has 0 bridgehead atoms. The van der Waals surface area contributed by atoms with Gasteiger partial charge >= 0.3 is 0 Å². The second-order valence-corrected chi connectivity index (χ2v) is 7.60. The Labute approximate surface area is 119 Å². The average Bonchev–Trinajstić information content (AvgIpc) is 2.76. The van der Waals surface area contributed by atoms with E-state index < -0.39 is 10.0 Å². The number of thiophene rings is 1. The van der Waals surface area contributed by atoms with Gasteiger partial charge in [0.15, 0.2) is 0 Å². The predicted octanol–water partition coefficient (Wildman–Crippen LogP) is 3.30. The second kappa shape index (κ2) is 5.52. The van der Waals surface area contributed by atoms with Crippen LogP contribution < -0.4 is 4.72 Å². The van der Waals surface area contributed by atoms with E-state index in [9.17, 15) is 8.42 Å². The van der Waals surface area contributed by atoms with E-state index >= 15 is 0 Å². The molecule has 1 N–H and O–H groups in total. The van der Waals surface area contributed by atoms with Crippen molar-refractivity contribution in [1.29, 1.82) is 0 Å². The van der Waals surface area contributed by atoms with Crippen LogP contribution in [-0.2, 0) is 16.6 Å². The fourth-order valence-electron chi connectivity index (χ4n) is 1.42. The third kappa shape index (κ3) is 3.20. The van der Waals surface area contributed by atoms with Gasteiger partial charge in [-0.3, -0.25) is 0 Å². The van der Waals surface area contributed by atoms with Gasteiger partial charge in [0.05, 0.1) is 0 Å². The molecule has 2 rings (SSSR count). The molecule has 0 amide bonds. The zero-order valence-corrected chi connectivity index (χ0v) is 12.9. The summed E-state index contributed by atoms with van der Waals surface area (Å²) in [7, 11) is -3.43. The van der Waals surface area contributed by atoms with Crippen LogP contribution in [0.2, 0.25) is 0 Å². The molecule has 6 heteroatoms. The summed E-state index contributed by atoms with van der Waals surface area (Å²) in [5.41, 5.74) is 2.10. The maximum absolute atomic E-state index is 12.0. The first kappa shape index (κ1) is 13.7. The highest BCUT2D eigenvalue weighted by molar-refractivity contribution is 9.10. The highest BCUT2D eigenvalue weighted by atomic mass is 79.9. The van der Waals surface area contributed by atoms with E-state index in [4.69, 9.17) is 0 Å². The molecule has 0 saturated carbocycles. The van der Waals surface area contributed by atoms with Crippen LogP contribution in [0.15, 0.2) is 44.4 Å². The zero-order chi connectivity index (χ0) is 13.2. The van der Waals surface area contributed by atoms with Crippen LogP contribution in [0.1, 0.15) is 11.1 Å². The van der Waals surface area contributed by atoms with Crippen LogP contribution in [0.5, 0.6) is 0 Å². The molecule has 2 aromatic rings. The van der Waals surface area contributed by atoms with Crippen molar-refractivity contribution in [2.45, 2.75) is 17.7 Å². The zero-order valence-electron chi connectivity index (χ0n) is 9.68. The van der Waals surface area contributed by atoms with Gasteiger partial charge in [0.2, 0.25) is 0 Å². The molecule has 0 aliphatic carbocycles.